The SMILES string of the molecule is CCCC(NC(=O)C1(CN)CCC1)c1cccs1. The first-order chi connectivity index (χ1) is 8.72. The number of hydrogen-bond donors (Lipinski definition) is 2. The molecule has 0 radical (unpaired) electrons. The van der Waals surface area contributed by atoms with E-state index in [4.69, 9.17) is 5.73 Å². The van der Waals surface area contributed by atoms with Crippen LogP contribution in [-0.2, 0) is 4.79 Å². The molecule has 0 spiro atoms. The van der Waals surface area contributed by atoms with Crippen LogP contribution in [0.4, 0.5) is 0 Å². The van der Waals surface area contributed by atoms with Crippen molar-refractivity contribution in [1.82, 2.24) is 5.32 Å². The first kappa shape index (κ1) is 13.6. The molecule has 3 nitrogen and oxygen atoms in total. The zero-order valence-electron chi connectivity index (χ0n) is 10.9. The summed E-state index contributed by atoms with van der Waals surface area (Å²) in [5.74, 6) is 0.156. The highest BCUT2D eigenvalue weighted by atomic mass is 32.1. The molecule has 1 saturated carbocycles. The normalized spacial score (nSPS) is 19.0. The van der Waals surface area contributed by atoms with Gasteiger partial charge in [-0.3, -0.25) is 4.79 Å². The number of thiophene rings is 1. The van der Waals surface area contributed by atoms with Crippen LogP contribution in [0.1, 0.15) is 49.9 Å². The quantitative estimate of drug-likeness (QED) is 0.832. The lowest BCUT2D eigenvalue weighted by Gasteiger charge is -2.40. The molecule has 2 rings (SSSR count). The Kier molecular flexibility index (Phi) is 4.40. The first-order valence-electron chi connectivity index (χ1n) is 6.76. The van der Waals surface area contributed by atoms with E-state index in [1.54, 1.807) is 11.3 Å². The summed E-state index contributed by atoms with van der Waals surface area (Å²) in [6.45, 7) is 2.62. The van der Waals surface area contributed by atoms with Crippen molar-refractivity contribution >= 4 is 17.2 Å². The fourth-order valence-electron chi connectivity index (χ4n) is 2.50. The topological polar surface area (TPSA) is 55.1 Å². The van der Waals surface area contributed by atoms with Crippen LogP contribution in [0, 0.1) is 5.41 Å². The number of hydrogen-bond acceptors (Lipinski definition) is 3. The summed E-state index contributed by atoms with van der Waals surface area (Å²) in [4.78, 5) is 13.6. The van der Waals surface area contributed by atoms with Gasteiger partial charge in [-0.05, 0) is 30.7 Å². The monoisotopic (exact) mass is 266 g/mol. The average molecular weight is 266 g/mol. The van der Waals surface area contributed by atoms with Crippen LogP contribution in [0.3, 0.4) is 0 Å². The molecule has 0 aliphatic heterocycles. The van der Waals surface area contributed by atoms with Crippen molar-refractivity contribution in [3.63, 3.8) is 0 Å². The lowest BCUT2D eigenvalue weighted by atomic mass is 9.68. The van der Waals surface area contributed by atoms with Gasteiger partial charge in [0.15, 0.2) is 0 Å². The molecule has 1 unspecified atom stereocenters. The van der Waals surface area contributed by atoms with Gasteiger partial charge in [0.2, 0.25) is 5.91 Å². The van der Waals surface area contributed by atoms with Gasteiger partial charge < -0.3 is 11.1 Å². The van der Waals surface area contributed by atoms with Gasteiger partial charge in [0.25, 0.3) is 0 Å². The molecule has 1 fully saturated rings. The van der Waals surface area contributed by atoms with Gasteiger partial charge in [0.05, 0.1) is 11.5 Å². The highest BCUT2D eigenvalue weighted by Crippen LogP contribution is 2.40. The smallest absolute Gasteiger partial charge is 0.228 e. The van der Waals surface area contributed by atoms with Gasteiger partial charge in [0, 0.05) is 11.4 Å². The summed E-state index contributed by atoms with van der Waals surface area (Å²) in [6, 6.07) is 4.30. The van der Waals surface area contributed by atoms with Crippen molar-refractivity contribution in [1.29, 1.82) is 0 Å². The van der Waals surface area contributed by atoms with E-state index in [-0.39, 0.29) is 17.4 Å². The number of rotatable bonds is 6. The highest BCUT2D eigenvalue weighted by Gasteiger charge is 2.43. The minimum atomic E-state index is -0.275. The fourth-order valence-corrected chi connectivity index (χ4v) is 3.32. The molecular formula is C14H22N2OS. The van der Waals surface area contributed by atoms with Crippen LogP contribution in [-0.4, -0.2) is 12.5 Å². The second-order valence-corrected chi connectivity index (χ2v) is 6.15. The maximum atomic E-state index is 12.4. The maximum absolute atomic E-state index is 12.4. The van der Waals surface area contributed by atoms with E-state index in [0.717, 1.165) is 32.1 Å². The van der Waals surface area contributed by atoms with Crippen LogP contribution in [0.2, 0.25) is 0 Å². The van der Waals surface area contributed by atoms with Crippen molar-refractivity contribution in [3.8, 4) is 0 Å². The second kappa shape index (κ2) is 5.85. The molecule has 1 amide bonds. The van der Waals surface area contributed by atoms with E-state index in [1.807, 2.05) is 6.07 Å². The van der Waals surface area contributed by atoms with Crippen LogP contribution < -0.4 is 11.1 Å². The minimum absolute atomic E-state index is 0.156. The van der Waals surface area contributed by atoms with Crippen LogP contribution in [0.15, 0.2) is 17.5 Å². The van der Waals surface area contributed by atoms with Gasteiger partial charge in [-0.15, -0.1) is 11.3 Å². The Balaban J connectivity index is 2.03. The Morgan fingerprint density at radius 3 is 2.83 bits per heavy atom. The predicted octanol–water partition coefficient (Wildman–Crippen LogP) is 2.83. The zero-order chi connectivity index (χ0) is 13.0. The number of carbonyl (C=O) groups excluding carboxylic acids is 1. The van der Waals surface area contributed by atoms with E-state index in [0.29, 0.717) is 6.54 Å². The van der Waals surface area contributed by atoms with Crippen molar-refractivity contribution in [3.05, 3.63) is 22.4 Å². The fraction of sp³-hybridized carbons (Fsp3) is 0.643. The molecule has 100 valence electrons. The Morgan fingerprint density at radius 1 is 1.61 bits per heavy atom. The van der Waals surface area contributed by atoms with Crippen LogP contribution in [0.5, 0.6) is 0 Å². The van der Waals surface area contributed by atoms with E-state index >= 15 is 0 Å². The molecule has 0 bridgehead atoms. The molecular weight excluding hydrogens is 244 g/mol. The van der Waals surface area contributed by atoms with Crippen LogP contribution in [0.25, 0.3) is 0 Å². The third kappa shape index (κ3) is 2.59. The van der Waals surface area contributed by atoms with Crippen molar-refractivity contribution in [2.24, 2.45) is 11.1 Å². The molecule has 1 heterocycles. The van der Waals surface area contributed by atoms with E-state index in [2.05, 4.69) is 23.7 Å². The zero-order valence-corrected chi connectivity index (χ0v) is 11.8. The minimum Gasteiger partial charge on any atom is -0.348 e. The van der Waals surface area contributed by atoms with Gasteiger partial charge >= 0.3 is 0 Å². The summed E-state index contributed by atoms with van der Waals surface area (Å²) in [7, 11) is 0. The molecule has 1 aliphatic rings. The summed E-state index contributed by atoms with van der Waals surface area (Å²) >= 11 is 1.71. The third-order valence-electron chi connectivity index (χ3n) is 3.95. The molecule has 1 aromatic rings. The number of nitrogens with one attached hydrogen (secondary N) is 1. The Labute approximate surface area is 113 Å². The standard InChI is InChI=1S/C14H22N2OS/c1-2-5-11(12-6-3-9-18-12)16-13(17)14(10-15)7-4-8-14/h3,6,9,11H,2,4-5,7-8,10,15H2,1H3,(H,16,17). The van der Waals surface area contributed by atoms with Gasteiger partial charge in [-0.1, -0.05) is 25.8 Å². The van der Waals surface area contributed by atoms with E-state index < -0.39 is 0 Å². The Bertz CT molecular complexity index is 379. The molecule has 1 aliphatic carbocycles. The summed E-state index contributed by atoms with van der Waals surface area (Å²) in [5, 5.41) is 5.27. The Hall–Kier alpha value is -0.870. The number of amides is 1. The summed E-state index contributed by atoms with van der Waals surface area (Å²) in [6.07, 6.45) is 5.07. The molecule has 1 aromatic heterocycles. The first-order valence-corrected chi connectivity index (χ1v) is 7.64. The average Bonchev–Trinajstić information content (AvgIpc) is 2.81. The molecule has 0 saturated heterocycles. The van der Waals surface area contributed by atoms with E-state index in [9.17, 15) is 4.79 Å². The van der Waals surface area contributed by atoms with Crippen molar-refractivity contribution in [2.75, 3.05) is 6.54 Å². The summed E-state index contributed by atoms with van der Waals surface area (Å²) in [5.41, 5.74) is 5.51. The Morgan fingerprint density at radius 2 is 2.39 bits per heavy atom. The molecule has 1 atom stereocenters. The molecule has 3 N–H and O–H groups in total. The highest BCUT2D eigenvalue weighted by molar-refractivity contribution is 7.10. The predicted molar refractivity (Wildman–Crippen MR) is 75.4 cm³/mol. The lowest BCUT2D eigenvalue weighted by Crippen LogP contribution is -2.51. The summed E-state index contributed by atoms with van der Waals surface area (Å²) < 4.78 is 0. The second-order valence-electron chi connectivity index (χ2n) is 5.17. The number of carbonyl (C=O) groups is 1. The molecule has 0 aromatic carbocycles. The number of nitrogens with two attached hydrogens (primary N) is 1. The largest absolute Gasteiger partial charge is 0.348 e. The van der Waals surface area contributed by atoms with Gasteiger partial charge in [-0.25, -0.2) is 0 Å². The maximum Gasteiger partial charge on any atom is 0.228 e. The third-order valence-corrected chi connectivity index (χ3v) is 4.94. The van der Waals surface area contributed by atoms with Crippen molar-refractivity contribution < 1.29 is 4.79 Å². The van der Waals surface area contributed by atoms with Crippen molar-refractivity contribution in [2.45, 2.75) is 45.1 Å². The van der Waals surface area contributed by atoms with Gasteiger partial charge in [-0.2, -0.15) is 0 Å². The lowest BCUT2D eigenvalue weighted by molar-refractivity contribution is -0.136. The molecule has 4 heteroatoms. The van der Waals surface area contributed by atoms with E-state index in [1.165, 1.54) is 4.88 Å². The van der Waals surface area contributed by atoms with Gasteiger partial charge in [0.1, 0.15) is 0 Å². The van der Waals surface area contributed by atoms with Crippen LogP contribution >= 0.6 is 11.3 Å². The molecule has 18 heavy (non-hydrogen) atoms.